The van der Waals surface area contributed by atoms with E-state index in [0.29, 0.717) is 29.4 Å². The van der Waals surface area contributed by atoms with Crippen molar-refractivity contribution in [1.29, 1.82) is 0 Å². The number of fused-ring (bicyclic) bond motifs is 1. The third kappa shape index (κ3) is 4.35. The van der Waals surface area contributed by atoms with Gasteiger partial charge in [-0.05, 0) is 48.7 Å². The van der Waals surface area contributed by atoms with Gasteiger partial charge in [0.25, 0.3) is 5.91 Å². The summed E-state index contributed by atoms with van der Waals surface area (Å²) >= 11 is 7.58. The Hall–Kier alpha value is -2.02. The number of nitrogens with zero attached hydrogens (tertiary/aromatic N) is 1. The van der Waals surface area contributed by atoms with E-state index >= 15 is 0 Å². The van der Waals surface area contributed by atoms with Crippen LogP contribution in [0.2, 0.25) is 5.02 Å². The van der Waals surface area contributed by atoms with E-state index in [9.17, 15) is 9.59 Å². The molecule has 2 aliphatic rings. The number of ether oxygens (including phenoxy) is 1. The summed E-state index contributed by atoms with van der Waals surface area (Å²) in [5.74, 6) is 0.261. The molecule has 0 aliphatic carbocycles. The number of hydrogen-bond acceptors (Lipinski definition) is 4. The number of rotatable bonds is 5. The molecule has 2 aromatic rings. The summed E-state index contributed by atoms with van der Waals surface area (Å²) in [6, 6.07) is 13.0. The van der Waals surface area contributed by atoms with Crippen LogP contribution in [0.1, 0.15) is 28.8 Å². The van der Waals surface area contributed by atoms with Crippen LogP contribution in [-0.2, 0) is 16.1 Å². The first kappa shape index (κ1) is 19.3. The lowest BCUT2D eigenvalue weighted by Gasteiger charge is -2.29. The molecule has 0 spiro atoms. The monoisotopic (exact) mass is 416 g/mol. The Morgan fingerprint density at radius 1 is 1.29 bits per heavy atom. The van der Waals surface area contributed by atoms with Crippen molar-refractivity contribution in [2.45, 2.75) is 30.4 Å². The van der Waals surface area contributed by atoms with E-state index in [-0.39, 0.29) is 17.9 Å². The molecule has 0 saturated carbocycles. The minimum atomic E-state index is -0.149. The maximum atomic E-state index is 12.6. The van der Waals surface area contributed by atoms with Gasteiger partial charge in [-0.3, -0.25) is 9.59 Å². The fourth-order valence-electron chi connectivity index (χ4n) is 3.45. The van der Waals surface area contributed by atoms with E-state index in [4.69, 9.17) is 16.3 Å². The van der Waals surface area contributed by atoms with Crippen molar-refractivity contribution in [3.05, 3.63) is 58.6 Å². The van der Waals surface area contributed by atoms with Crippen molar-refractivity contribution in [1.82, 2.24) is 5.32 Å². The number of anilines is 1. The standard InChI is InChI=1S/C21H21ClN2O3S/c22-16-4-1-3-14(9-16)12-24-18-10-15(6-7-19(18)28-13-20(24)25)21(26)23-11-17-5-2-8-27-17/h1,3-4,6-7,9-10,17H,2,5,8,11-13H2,(H,23,26). The summed E-state index contributed by atoms with van der Waals surface area (Å²) < 4.78 is 5.56. The van der Waals surface area contributed by atoms with Crippen LogP contribution in [0.3, 0.4) is 0 Å². The lowest BCUT2D eigenvalue weighted by molar-refractivity contribution is -0.116. The Bertz CT molecular complexity index is 899. The zero-order valence-electron chi connectivity index (χ0n) is 15.3. The van der Waals surface area contributed by atoms with Crippen molar-refractivity contribution in [3.63, 3.8) is 0 Å². The first-order chi connectivity index (χ1) is 13.6. The average Bonchev–Trinajstić information content (AvgIpc) is 3.22. The number of hydrogen-bond donors (Lipinski definition) is 1. The molecule has 4 rings (SSSR count). The second-order valence-corrected chi connectivity index (χ2v) is 8.38. The van der Waals surface area contributed by atoms with Gasteiger partial charge in [0.05, 0.1) is 24.1 Å². The maximum absolute atomic E-state index is 12.6. The number of benzene rings is 2. The van der Waals surface area contributed by atoms with E-state index < -0.39 is 0 Å². The molecule has 1 unspecified atom stereocenters. The Morgan fingerprint density at radius 2 is 2.18 bits per heavy atom. The van der Waals surface area contributed by atoms with Gasteiger partial charge in [0.15, 0.2) is 0 Å². The Balaban J connectivity index is 1.54. The van der Waals surface area contributed by atoms with Crippen LogP contribution >= 0.6 is 23.4 Å². The Labute approximate surface area is 173 Å². The number of halogens is 1. The molecule has 2 aliphatic heterocycles. The molecule has 1 saturated heterocycles. The van der Waals surface area contributed by atoms with Crippen LogP contribution in [0.5, 0.6) is 0 Å². The van der Waals surface area contributed by atoms with Gasteiger partial charge in [-0.2, -0.15) is 0 Å². The molecule has 1 fully saturated rings. The van der Waals surface area contributed by atoms with Gasteiger partial charge in [0.1, 0.15) is 0 Å². The summed E-state index contributed by atoms with van der Waals surface area (Å²) in [4.78, 5) is 27.9. The van der Waals surface area contributed by atoms with Crippen LogP contribution in [0.15, 0.2) is 47.4 Å². The Kier molecular flexibility index (Phi) is 5.90. The highest BCUT2D eigenvalue weighted by Gasteiger charge is 2.26. The van der Waals surface area contributed by atoms with E-state index in [1.165, 1.54) is 11.8 Å². The molecule has 2 aromatic carbocycles. The summed E-state index contributed by atoms with van der Waals surface area (Å²) in [5.41, 5.74) is 2.26. The van der Waals surface area contributed by atoms with E-state index in [1.807, 2.05) is 36.4 Å². The normalized spacial score (nSPS) is 18.8. The highest BCUT2D eigenvalue weighted by molar-refractivity contribution is 8.00. The van der Waals surface area contributed by atoms with E-state index in [2.05, 4.69) is 5.32 Å². The van der Waals surface area contributed by atoms with E-state index in [1.54, 1.807) is 11.0 Å². The predicted molar refractivity (Wildman–Crippen MR) is 111 cm³/mol. The van der Waals surface area contributed by atoms with Crippen molar-refractivity contribution in [3.8, 4) is 0 Å². The van der Waals surface area contributed by atoms with Gasteiger partial charge >= 0.3 is 0 Å². The molecular formula is C21H21ClN2O3S. The number of carbonyl (C=O) groups excluding carboxylic acids is 2. The molecule has 1 N–H and O–H groups in total. The molecule has 0 radical (unpaired) electrons. The lowest BCUT2D eigenvalue weighted by Crippen LogP contribution is -2.35. The minimum Gasteiger partial charge on any atom is -0.376 e. The molecule has 0 aromatic heterocycles. The zero-order chi connectivity index (χ0) is 19.5. The van der Waals surface area contributed by atoms with Gasteiger partial charge < -0.3 is 15.0 Å². The molecule has 146 valence electrons. The molecule has 0 bridgehead atoms. The molecular weight excluding hydrogens is 396 g/mol. The summed E-state index contributed by atoms with van der Waals surface area (Å²) in [5, 5.41) is 3.58. The Morgan fingerprint density at radius 3 is 2.96 bits per heavy atom. The highest BCUT2D eigenvalue weighted by Crippen LogP contribution is 2.37. The smallest absolute Gasteiger partial charge is 0.251 e. The molecule has 1 atom stereocenters. The first-order valence-electron chi connectivity index (χ1n) is 9.31. The number of nitrogens with one attached hydrogen (secondary N) is 1. The van der Waals surface area contributed by atoms with Crippen molar-refractivity contribution in [2.24, 2.45) is 0 Å². The van der Waals surface area contributed by atoms with E-state index in [0.717, 1.165) is 35.6 Å². The van der Waals surface area contributed by atoms with Crippen molar-refractivity contribution >= 4 is 40.9 Å². The third-order valence-corrected chi connectivity index (χ3v) is 6.19. The van der Waals surface area contributed by atoms with Gasteiger partial charge in [-0.15, -0.1) is 11.8 Å². The summed E-state index contributed by atoms with van der Waals surface area (Å²) in [6.45, 7) is 1.70. The van der Waals surface area contributed by atoms with Crippen LogP contribution < -0.4 is 10.2 Å². The first-order valence-corrected chi connectivity index (χ1v) is 10.7. The SMILES string of the molecule is O=C(NCC1CCCO1)c1ccc2c(c1)N(Cc1cccc(Cl)c1)C(=O)CS2. The largest absolute Gasteiger partial charge is 0.376 e. The zero-order valence-corrected chi connectivity index (χ0v) is 16.9. The summed E-state index contributed by atoms with van der Waals surface area (Å²) in [7, 11) is 0. The van der Waals surface area contributed by atoms with Crippen LogP contribution in [0, 0.1) is 0 Å². The fraction of sp³-hybridized carbons (Fsp3) is 0.333. The number of amides is 2. The second-order valence-electron chi connectivity index (χ2n) is 6.93. The van der Waals surface area contributed by atoms with Crippen LogP contribution in [-0.4, -0.2) is 36.8 Å². The minimum absolute atomic E-state index is 0.0226. The molecule has 2 heterocycles. The average molecular weight is 417 g/mol. The molecule has 5 nitrogen and oxygen atoms in total. The molecule has 2 amide bonds. The highest BCUT2D eigenvalue weighted by atomic mass is 35.5. The summed E-state index contributed by atoms with van der Waals surface area (Å²) in [6.07, 6.45) is 2.11. The molecule has 28 heavy (non-hydrogen) atoms. The van der Waals surface area contributed by atoms with Crippen molar-refractivity contribution in [2.75, 3.05) is 23.8 Å². The third-order valence-electron chi connectivity index (χ3n) is 4.91. The van der Waals surface area contributed by atoms with Gasteiger partial charge in [0.2, 0.25) is 5.91 Å². The lowest BCUT2D eigenvalue weighted by atomic mass is 10.1. The maximum Gasteiger partial charge on any atom is 0.251 e. The number of carbonyl (C=O) groups is 2. The topological polar surface area (TPSA) is 58.6 Å². The van der Waals surface area contributed by atoms with Crippen LogP contribution in [0.25, 0.3) is 0 Å². The van der Waals surface area contributed by atoms with Gasteiger partial charge in [0, 0.05) is 28.6 Å². The fourth-order valence-corrected chi connectivity index (χ4v) is 4.58. The van der Waals surface area contributed by atoms with Gasteiger partial charge in [-0.25, -0.2) is 0 Å². The van der Waals surface area contributed by atoms with Crippen LogP contribution in [0.4, 0.5) is 5.69 Å². The van der Waals surface area contributed by atoms with Crippen molar-refractivity contribution < 1.29 is 14.3 Å². The molecule has 7 heteroatoms. The quantitative estimate of drug-likeness (QED) is 0.803. The predicted octanol–water partition coefficient (Wildman–Crippen LogP) is 3.89. The van der Waals surface area contributed by atoms with Gasteiger partial charge in [-0.1, -0.05) is 23.7 Å². The number of thioether (sulfide) groups is 1. The second kappa shape index (κ2) is 8.55.